The smallest absolute Gasteiger partial charge is 0.201 e. The van der Waals surface area contributed by atoms with Gasteiger partial charge < -0.3 is 0 Å². The molecule has 0 amide bonds. The third kappa shape index (κ3) is 3.02. The molecule has 3 heteroatoms. The Bertz CT molecular complexity index is 349. The maximum absolute atomic E-state index is 13.5. The molecule has 0 saturated carbocycles. The summed E-state index contributed by atoms with van der Waals surface area (Å²) in [6.45, 7) is 1.88. The summed E-state index contributed by atoms with van der Waals surface area (Å²) in [6, 6.07) is 7.41. The van der Waals surface area contributed by atoms with Crippen molar-refractivity contribution >= 4 is 0 Å². The first-order valence-electron chi connectivity index (χ1n) is 4.98. The van der Waals surface area contributed by atoms with Crippen molar-refractivity contribution in [3.63, 3.8) is 0 Å². The van der Waals surface area contributed by atoms with E-state index in [9.17, 15) is 8.78 Å². The van der Waals surface area contributed by atoms with E-state index in [0.29, 0.717) is 12.0 Å². The number of alkyl halides is 2. The van der Waals surface area contributed by atoms with E-state index in [4.69, 9.17) is 5.26 Å². The monoisotopic (exact) mass is 209 g/mol. The summed E-state index contributed by atoms with van der Waals surface area (Å²) in [6.07, 6.45) is 1.13. The first kappa shape index (κ1) is 11.6. The van der Waals surface area contributed by atoms with Gasteiger partial charge in [0, 0.05) is 12.0 Å². The number of hydrogen-bond acceptors (Lipinski definition) is 1. The number of benzene rings is 1. The summed E-state index contributed by atoms with van der Waals surface area (Å²) in [5, 5.41) is 8.54. The molecule has 0 atom stereocenters. The van der Waals surface area contributed by atoms with Crippen molar-refractivity contribution in [3.05, 3.63) is 35.4 Å². The predicted molar refractivity (Wildman–Crippen MR) is 54.6 cm³/mol. The van der Waals surface area contributed by atoms with E-state index in [2.05, 4.69) is 0 Å². The Labute approximate surface area is 88.3 Å². The van der Waals surface area contributed by atoms with Crippen molar-refractivity contribution in [1.29, 1.82) is 5.26 Å². The van der Waals surface area contributed by atoms with Crippen molar-refractivity contribution in [2.75, 3.05) is 0 Å². The Hall–Kier alpha value is -1.43. The lowest BCUT2D eigenvalue weighted by Gasteiger charge is -2.16. The minimum Gasteiger partial charge on any atom is -0.201 e. The molecule has 0 aliphatic rings. The Kier molecular flexibility index (Phi) is 3.79. The second kappa shape index (κ2) is 4.88. The van der Waals surface area contributed by atoms with Crippen molar-refractivity contribution in [1.82, 2.24) is 0 Å². The summed E-state index contributed by atoms with van der Waals surface area (Å²) in [5.74, 6) is -2.77. The average Bonchev–Trinajstić information content (AvgIpc) is 2.26. The van der Waals surface area contributed by atoms with E-state index in [-0.39, 0.29) is 12.0 Å². The van der Waals surface area contributed by atoms with E-state index in [0.717, 1.165) is 6.42 Å². The average molecular weight is 209 g/mol. The van der Waals surface area contributed by atoms with Crippen molar-refractivity contribution in [2.24, 2.45) is 0 Å². The van der Waals surface area contributed by atoms with Crippen LogP contribution in [0.25, 0.3) is 0 Å². The Morgan fingerprint density at radius 1 is 1.27 bits per heavy atom. The number of unbranched alkanes of at least 4 members (excludes halogenated alkanes) is 1. The Morgan fingerprint density at radius 2 is 1.87 bits per heavy atom. The van der Waals surface area contributed by atoms with E-state index in [1.807, 2.05) is 13.0 Å². The number of hydrogen-bond donors (Lipinski definition) is 0. The molecule has 0 bridgehead atoms. The van der Waals surface area contributed by atoms with Crippen LogP contribution in [0.4, 0.5) is 8.78 Å². The molecule has 15 heavy (non-hydrogen) atoms. The lowest BCUT2D eigenvalue weighted by molar-refractivity contribution is -0.0154. The number of rotatable bonds is 4. The van der Waals surface area contributed by atoms with Gasteiger partial charge in [-0.05, 0) is 18.6 Å². The molecule has 0 radical (unpaired) electrons. The Balaban J connectivity index is 2.81. The SMILES string of the molecule is CCCCC(F)(F)c1ccc(C#N)cc1. The van der Waals surface area contributed by atoms with Crippen LogP contribution in [0.1, 0.15) is 37.3 Å². The first-order chi connectivity index (χ1) is 7.10. The molecule has 1 aromatic rings. The second-order valence-electron chi connectivity index (χ2n) is 3.50. The summed E-state index contributed by atoms with van der Waals surface area (Å²) < 4.78 is 27.0. The zero-order chi connectivity index (χ0) is 11.3. The molecule has 0 saturated heterocycles. The number of nitriles is 1. The molecule has 0 aliphatic carbocycles. The minimum atomic E-state index is -2.77. The molecular weight excluding hydrogens is 196 g/mol. The van der Waals surface area contributed by atoms with Crippen molar-refractivity contribution in [3.8, 4) is 6.07 Å². The van der Waals surface area contributed by atoms with Crippen LogP contribution in [0, 0.1) is 11.3 Å². The summed E-state index contributed by atoms with van der Waals surface area (Å²) in [4.78, 5) is 0. The van der Waals surface area contributed by atoms with Gasteiger partial charge >= 0.3 is 0 Å². The third-order valence-electron chi connectivity index (χ3n) is 2.28. The highest BCUT2D eigenvalue weighted by atomic mass is 19.3. The Morgan fingerprint density at radius 3 is 2.33 bits per heavy atom. The van der Waals surface area contributed by atoms with E-state index in [1.165, 1.54) is 24.3 Å². The molecule has 0 aromatic heterocycles. The molecule has 0 heterocycles. The van der Waals surface area contributed by atoms with Gasteiger partial charge in [-0.3, -0.25) is 0 Å². The van der Waals surface area contributed by atoms with E-state index < -0.39 is 5.92 Å². The first-order valence-corrected chi connectivity index (χ1v) is 4.98. The molecule has 0 unspecified atom stereocenters. The molecular formula is C12H13F2N. The van der Waals surface area contributed by atoms with Crippen LogP contribution in [0.15, 0.2) is 24.3 Å². The summed E-state index contributed by atoms with van der Waals surface area (Å²) >= 11 is 0. The van der Waals surface area contributed by atoms with Gasteiger partial charge in [0.05, 0.1) is 11.6 Å². The topological polar surface area (TPSA) is 23.8 Å². The number of nitrogens with zero attached hydrogens (tertiary/aromatic N) is 1. The van der Waals surface area contributed by atoms with Gasteiger partial charge in [-0.25, -0.2) is 8.78 Å². The quantitative estimate of drug-likeness (QED) is 0.739. The molecule has 0 spiro atoms. The largest absolute Gasteiger partial charge is 0.273 e. The standard InChI is InChI=1S/C12H13F2N/c1-2-3-8-12(13,14)11-6-4-10(9-15)5-7-11/h4-7H,2-3,8H2,1H3. The molecule has 80 valence electrons. The maximum atomic E-state index is 13.5. The molecule has 0 N–H and O–H groups in total. The fourth-order valence-corrected chi connectivity index (χ4v) is 1.33. The van der Waals surface area contributed by atoms with Gasteiger partial charge in [0.2, 0.25) is 0 Å². The van der Waals surface area contributed by atoms with Gasteiger partial charge in [-0.1, -0.05) is 25.5 Å². The lowest BCUT2D eigenvalue weighted by Crippen LogP contribution is -2.12. The van der Waals surface area contributed by atoms with Gasteiger partial charge in [-0.2, -0.15) is 5.26 Å². The predicted octanol–water partition coefficient (Wildman–Crippen LogP) is 3.84. The van der Waals surface area contributed by atoms with Crippen LogP contribution >= 0.6 is 0 Å². The van der Waals surface area contributed by atoms with Gasteiger partial charge in [-0.15, -0.1) is 0 Å². The van der Waals surface area contributed by atoms with Crippen LogP contribution in [0.3, 0.4) is 0 Å². The van der Waals surface area contributed by atoms with E-state index in [1.54, 1.807) is 0 Å². The van der Waals surface area contributed by atoms with Crippen LogP contribution < -0.4 is 0 Å². The maximum Gasteiger partial charge on any atom is 0.273 e. The molecule has 1 aromatic carbocycles. The summed E-state index contributed by atoms with van der Waals surface area (Å²) in [7, 11) is 0. The highest BCUT2D eigenvalue weighted by molar-refractivity contribution is 5.33. The molecule has 1 nitrogen and oxygen atoms in total. The summed E-state index contributed by atoms with van der Waals surface area (Å²) in [5.41, 5.74) is 0.403. The van der Waals surface area contributed by atoms with Gasteiger partial charge in [0.1, 0.15) is 0 Å². The third-order valence-corrected chi connectivity index (χ3v) is 2.28. The number of halogens is 2. The molecule has 1 rings (SSSR count). The molecule has 0 fully saturated rings. The van der Waals surface area contributed by atoms with Gasteiger partial charge in [0.25, 0.3) is 5.92 Å². The van der Waals surface area contributed by atoms with Gasteiger partial charge in [0.15, 0.2) is 0 Å². The van der Waals surface area contributed by atoms with Crippen LogP contribution in [-0.4, -0.2) is 0 Å². The fraction of sp³-hybridized carbons (Fsp3) is 0.417. The van der Waals surface area contributed by atoms with Crippen LogP contribution in [0.2, 0.25) is 0 Å². The van der Waals surface area contributed by atoms with E-state index >= 15 is 0 Å². The molecule has 0 aliphatic heterocycles. The fourth-order valence-electron chi connectivity index (χ4n) is 1.33. The van der Waals surface area contributed by atoms with Crippen LogP contribution in [-0.2, 0) is 5.92 Å². The van der Waals surface area contributed by atoms with Crippen LogP contribution in [0.5, 0.6) is 0 Å². The highest BCUT2D eigenvalue weighted by Gasteiger charge is 2.30. The van der Waals surface area contributed by atoms with Crippen molar-refractivity contribution < 1.29 is 8.78 Å². The zero-order valence-corrected chi connectivity index (χ0v) is 8.63. The minimum absolute atomic E-state index is 0.00468. The normalized spacial score (nSPS) is 11.1. The zero-order valence-electron chi connectivity index (χ0n) is 8.63. The lowest BCUT2D eigenvalue weighted by atomic mass is 10.0. The highest BCUT2D eigenvalue weighted by Crippen LogP contribution is 2.33. The van der Waals surface area contributed by atoms with Crippen molar-refractivity contribution in [2.45, 2.75) is 32.1 Å². The second-order valence-corrected chi connectivity index (χ2v) is 3.50.